The zero-order valence-corrected chi connectivity index (χ0v) is 19.1. The van der Waals surface area contributed by atoms with Crippen molar-refractivity contribution in [2.24, 2.45) is 0 Å². The van der Waals surface area contributed by atoms with Gasteiger partial charge in [0.15, 0.2) is 11.4 Å². The monoisotopic (exact) mass is 455 g/mol. The molecule has 1 amide bonds. The second-order valence-electron chi connectivity index (χ2n) is 8.13. The van der Waals surface area contributed by atoms with Crippen LogP contribution in [-0.2, 0) is 25.6 Å². The lowest BCUT2D eigenvalue weighted by molar-refractivity contribution is -0.170. The Morgan fingerprint density at radius 2 is 1.84 bits per heavy atom. The van der Waals surface area contributed by atoms with Crippen LogP contribution in [0.4, 0.5) is 0 Å². The molecule has 0 spiro atoms. The molecule has 0 aliphatic carbocycles. The second kappa shape index (κ2) is 11.0. The van der Waals surface area contributed by atoms with Crippen LogP contribution in [0.2, 0.25) is 0 Å². The lowest BCUT2D eigenvalue weighted by Gasteiger charge is -2.30. The van der Waals surface area contributed by atoms with Crippen molar-refractivity contribution in [3.63, 3.8) is 0 Å². The SMILES string of the molecule is CC(=O)S[C@@H]1CC(=O)N(Cc2ccc(Oc3ccccc3)cc2)[C@H]1COC1CCCCO1. The number of hydrogen-bond acceptors (Lipinski definition) is 6. The molecule has 2 aliphatic heterocycles. The molecule has 32 heavy (non-hydrogen) atoms. The van der Waals surface area contributed by atoms with E-state index in [1.165, 1.54) is 11.8 Å². The van der Waals surface area contributed by atoms with Crippen LogP contribution in [0.1, 0.15) is 38.2 Å². The molecule has 170 valence electrons. The van der Waals surface area contributed by atoms with Gasteiger partial charge < -0.3 is 19.1 Å². The van der Waals surface area contributed by atoms with Crippen molar-refractivity contribution in [1.82, 2.24) is 4.90 Å². The van der Waals surface area contributed by atoms with Crippen LogP contribution in [0.3, 0.4) is 0 Å². The third kappa shape index (κ3) is 6.12. The number of ether oxygens (including phenoxy) is 3. The topological polar surface area (TPSA) is 65.1 Å². The summed E-state index contributed by atoms with van der Waals surface area (Å²) in [6.45, 7) is 3.10. The Balaban J connectivity index is 1.41. The quantitative estimate of drug-likeness (QED) is 0.571. The molecule has 2 saturated heterocycles. The number of thioether (sulfide) groups is 1. The Bertz CT molecular complexity index is 898. The van der Waals surface area contributed by atoms with Crippen molar-refractivity contribution in [3.05, 3.63) is 60.2 Å². The molecule has 3 atom stereocenters. The van der Waals surface area contributed by atoms with Gasteiger partial charge in [-0.1, -0.05) is 42.1 Å². The predicted octanol–water partition coefficient (Wildman–Crippen LogP) is 4.77. The number of nitrogens with zero attached hydrogens (tertiary/aromatic N) is 1. The Morgan fingerprint density at radius 3 is 2.53 bits per heavy atom. The Hall–Kier alpha value is -2.35. The summed E-state index contributed by atoms with van der Waals surface area (Å²) < 4.78 is 17.6. The lowest BCUT2D eigenvalue weighted by atomic mass is 10.1. The molecule has 2 aromatic carbocycles. The predicted molar refractivity (Wildman–Crippen MR) is 124 cm³/mol. The van der Waals surface area contributed by atoms with E-state index in [0.29, 0.717) is 26.2 Å². The minimum atomic E-state index is -0.223. The maximum absolute atomic E-state index is 12.8. The van der Waals surface area contributed by atoms with Gasteiger partial charge in [-0.25, -0.2) is 0 Å². The highest BCUT2D eigenvalue weighted by Crippen LogP contribution is 2.33. The van der Waals surface area contributed by atoms with E-state index in [2.05, 4.69) is 0 Å². The van der Waals surface area contributed by atoms with Gasteiger partial charge in [0.2, 0.25) is 5.91 Å². The summed E-state index contributed by atoms with van der Waals surface area (Å²) in [7, 11) is 0. The normalized spacial score (nSPS) is 23.3. The van der Waals surface area contributed by atoms with Gasteiger partial charge in [-0.05, 0) is 49.1 Å². The first-order valence-electron chi connectivity index (χ1n) is 11.1. The minimum Gasteiger partial charge on any atom is -0.457 e. The largest absolute Gasteiger partial charge is 0.457 e. The van der Waals surface area contributed by atoms with E-state index in [-0.39, 0.29) is 28.6 Å². The molecule has 2 aliphatic rings. The number of amides is 1. The van der Waals surface area contributed by atoms with Crippen LogP contribution in [0, 0.1) is 0 Å². The van der Waals surface area contributed by atoms with Crippen molar-refractivity contribution < 1.29 is 23.8 Å². The fraction of sp³-hybridized carbons (Fsp3) is 0.440. The van der Waals surface area contributed by atoms with Gasteiger partial charge in [0.1, 0.15) is 11.5 Å². The second-order valence-corrected chi connectivity index (χ2v) is 9.55. The number of benzene rings is 2. The van der Waals surface area contributed by atoms with Crippen molar-refractivity contribution in [3.8, 4) is 11.5 Å². The Labute approximate surface area is 193 Å². The van der Waals surface area contributed by atoms with E-state index < -0.39 is 0 Å². The minimum absolute atomic E-state index is 0.0194. The van der Waals surface area contributed by atoms with Gasteiger partial charge >= 0.3 is 0 Å². The van der Waals surface area contributed by atoms with Crippen LogP contribution >= 0.6 is 11.8 Å². The van der Waals surface area contributed by atoms with E-state index in [1.54, 1.807) is 6.92 Å². The standard InChI is InChI=1S/C25H29NO5S/c1-18(27)32-23-15-24(28)26(22(23)17-30-25-9-5-6-14-29-25)16-19-10-12-21(13-11-19)31-20-7-3-2-4-8-20/h2-4,7-8,10-13,22-23,25H,5-6,9,14-17H2,1H3/t22-,23+,25?/m0/s1. The van der Waals surface area contributed by atoms with E-state index in [4.69, 9.17) is 14.2 Å². The summed E-state index contributed by atoms with van der Waals surface area (Å²) in [5, 5.41) is -0.0877. The van der Waals surface area contributed by atoms with Crippen molar-refractivity contribution in [2.45, 2.75) is 56.7 Å². The number of rotatable bonds is 8. The molecule has 0 aromatic heterocycles. The van der Waals surface area contributed by atoms with E-state index >= 15 is 0 Å². The van der Waals surface area contributed by atoms with Gasteiger partial charge in [-0.15, -0.1) is 0 Å². The molecule has 2 aromatic rings. The maximum atomic E-state index is 12.8. The zero-order valence-electron chi connectivity index (χ0n) is 18.3. The van der Waals surface area contributed by atoms with E-state index in [0.717, 1.165) is 36.3 Å². The summed E-state index contributed by atoms with van der Waals surface area (Å²) in [5.74, 6) is 1.57. The van der Waals surface area contributed by atoms with Crippen LogP contribution in [-0.4, -0.2) is 46.7 Å². The van der Waals surface area contributed by atoms with Crippen LogP contribution in [0.5, 0.6) is 11.5 Å². The third-order valence-corrected chi connectivity index (χ3v) is 6.80. The molecule has 0 saturated carbocycles. The highest BCUT2D eigenvalue weighted by atomic mass is 32.2. The molecular weight excluding hydrogens is 426 g/mol. The summed E-state index contributed by atoms with van der Waals surface area (Å²) >= 11 is 1.24. The first kappa shape index (κ1) is 22.8. The van der Waals surface area contributed by atoms with Crippen molar-refractivity contribution in [1.29, 1.82) is 0 Å². The summed E-state index contributed by atoms with van der Waals surface area (Å²) in [6.07, 6.45) is 3.13. The van der Waals surface area contributed by atoms with Crippen molar-refractivity contribution >= 4 is 22.8 Å². The fourth-order valence-corrected chi connectivity index (χ4v) is 5.11. The molecule has 7 heteroatoms. The average molecular weight is 456 g/mol. The number of likely N-dealkylation sites (tertiary alicyclic amines) is 1. The maximum Gasteiger partial charge on any atom is 0.224 e. The molecule has 2 fully saturated rings. The summed E-state index contributed by atoms with van der Waals surface area (Å²) in [4.78, 5) is 26.4. The number of carbonyl (C=O) groups is 2. The average Bonchev–Trinajstić information content (AvgIpc) is 3.08. The van der Waals surface area contributed by atoms with Gasteiger partial charge in [0.25, 0.3) is 0 Å². The first-order valence-corrected chi connectivity index (χ1v) is 12.0. The molecule has 0 bridgehead atoms. The molecule has 1 unspecified atom stereocenters. The highest BCUT2D eigenvalue weighted by molar-refractivity contribution is 8.14. The fourth-order valence-electron chi connectivity index (χ4n) is 4.08. The zero-order chi connectivity index (χ0) is 22.3. The molecule has 2 heterocycles. The lowest BCUT2D eigenvalue weighted by Crippen LogP contribution is -2.41. The molecule has 0 radical (unpaired) electrons. The van der Waals surface area contributed by atoms with Gasteiger partial charge in [-0.2, -0.15) is 0 Å². The molecule has 6 nitrogen and oxygen atoms in total. The van der Waals surface area contributed by atoms with Crippen LogP contribution in [0.15, 0.2) is 54.6 Å². The first-order chi connectivity index (χ1) is 15.6. The smallest absolute Gasteiger partial charge is 0.224 e. The summed E-state index contributed by atoms with van der Waals surface area (Å²) in [5.41, 5.74) is 1.01. The Morgan fingerprint density at radius 1 is 1.09 bits per heavy atom. The highest BCUT2D eigenvalue weighted by Gasteiger charge is 2.41. The Kier molecular flexibility index (Phi) is 7.84. The number of para-hydroxylation sites is 1. The molecular formula is C25H29NO5S. The van der Waals surface area contributed by atoms with E-state index in [1.807, 2.05) is 59.5 Å². The van der Waals surface area contributed by atoms with Gasteiger partial charge in [0.05, 0.1) is 12.6 Å². The van der Waals surface area contributed by atoms with Gasteiger partial charge in [0, 0.05) is 31.7 Å². The van der Waals surface area contributed by atoms with E-state index in [9.17, 15) is 9.59 Å². The van der Waals surface area contributed by atoms with Crippen LogP contribution < -0.4 is 4.74 Å². The van der Waals surface area contributed by atoms with Gasteiger partial charge in [-0.3, -0.25) is 9.59 Å². The van der Waals surface area contributed by atoms with Crippen LogP contribution in [0.25, 0.3) is 0 Å². The third-order valence-electron chi connectivity index (χ3n) is 5.69. The molecule has 0 N–H and O–H groups in total. The summed E-state index contributed by atoms with van der Waals surface area (Å²) in [6, 6.07) is 17.2. The number of hydrogen-bond donors (Lipinski definition) is 0. The van der Waals surface area contributed by atoms with Crippen molar-refractivity contribution in [2.75, 3.05) is 13.2 Å². The number of carbonyl (C=O) groups excluding carboxylic acids is 2. The molecule has 4 rings (SSSR count).